The normalized spacial score (nSPS) is 15.3. The number of ether oxygens (including phenoxy) is 1. The lowest BCUT2D eigenvalue weighted by molar-refractivity contribution is 0.108. The summed E-state index contributed by atoms with van der Waals surface area (Å²) in [5.74, 6) is 0.672. The molecule has 0 rings (SSSR count). The molecule has 0 aliphatic heterocycles. The van der Waals surface area contributed by atoms with Gasteiger partial charge in [-0.05, 0) is 32.2 Å². The van der Waals surface area contributed by atoms with Crippen LogP contribution in [0, 0.1) is 5.92 Å². The summed E-state index contributed by atoms with van der Waals surface area (Å²) in [7, 11) is 1.78. The minimum Gasteiger partial charge on any atom is -0.383 e. The van der Waals surface area contributed by atoms with Crippen LogP contribution in [-0.2, 0) is 4.74 Å². The standard InChI is InChI=1S/C15H34N2O/c1-7-9-16-15(13(3)4)12-17(10-11-18-6)14(5)8-2/h13-16H,7-12H2,1-6H3. The average molecular weight is 258 g/mol. The van der Waals surface area contributed by atoms with Gasteiger partial charge in [0, 0.05) is 32.3 Å². The van der Waals surface area contributed by atoms with E-state index in [9.17, 15) is 0 Å². The van der Waals surface area contributed by atoms with Crippen molar-refractivity contribution in [3.8, 4) is 0 Å². The fraction of sp³-hybridized carbons (Fsp3) is 1.00. The molecule has 2 unspecified atom stereocenters. The van der Waals surface area contributed by atoms with E-state index in [1.165, 1.54) is 12.8 Å². The highest BCUT2D eigenvalue weighted by molar-refractivity contribution is 4.77. The first kappa shape index (κ1) is 17.9. The van der Waals surface area contributed by atoms with Crippen molar-refractivity contribution in [2.75, 3.05) is 33.4 Å². The van der Waals surface area contributed by atoms with Crippen LogP contribution < -0.4 is 5.32 Å². The minimum atomic E-state index is 0.579. The second-order valence-corrected chi connectivity index (χ2v) is 5.55. The molecule has 0 aromatic rings. The van der Waals surface area contributed by atoms with Crippen molar-refractivity contribution in [1.82, 2.24) is 10.2 Å². The Kier molecular flexibility index (Phi) is 10.7. The van der Waals surface area contributed by atoms with Gasteiger partial charge in [0.25, 0.3) is 0 Å². The van der Waals surface area contributed by atoms with Crippen LogP contribution in [0.15, 0.2) is 0 Å². The van der Waals surface area contributed by atoms with Crippen molar-refractivity contribution in [2.24, 2.45) is 5.92 Å². The zero-order chi connectivity index (χ0) is 14.0. The summed E-state index contributed by atoms with van der Waals surface area (Å²) >= 11 is 0. The molecule has 0 spiro atoms. The molecule has 18 heavy (non-hydrogen) atoms. The number of methoxy groups -OCH3 is 1. The molecule has 2 atom stereocenters. The smallest absolute Gasteiger partial charge is 0.0589 e. The van der Waals surface area contributed by atoms with Gasteiger partial charge in [-0.15, -0.1) is 0 Å². The maximum atomic E-state index is 5.23. The van der Waals surface area contributed by atoms with Crippen LogP contribution in [0.1, 0.15) is 47.5 Å². The van der Waals surface area contributed by atoms with E-state index < -0.39 is 0 Å². The molecular weight excluding hydrogens is 224 g/mol. The van der Waals surface area contributed by atoms with Crippen molar-refractivity contribution in [2.45, 2.75) is 59.5 Å². The van der Waals surface area contributed by atoms with Crippen molar-refractivity contribution in [3.05, 3.63) is 0 Å². The lowest BCUT2D eigenvalue weighted by Gasteiger charge is -2.34. The molecule has 0 saturated carbocycles. The second-order valence-electron chi connectivity index (χ2n) is 5.55. The van der Waals surface area contributed by atoms with E-state index in [0.29, 0.717) is 18.0 Å². The molecular formula is C15H34N2O. The van der Waals surface area contributed by atoms with E-state index in [0.717, 1.165) is 26.2 Å². The fourth-order valence-electron chi connectivity index (χ4n) is 2.05. The molecule has 3 nitrogen and oxygen atoms in total. The topological polar surface area (TPSA) is 24.5 Å². The molecule has 0 saturated heterocycles. The SMILES string of the molecule is CCCNC(CN(CCOC)C(C)CC)C(C)C. The van der Waals surface area contributed by atoms with Crippen LogP contribution in [-0.4, -0.2) is 50.3 Å². The van der Waals surface area contributed by atoms with E-state index in [-0.39, 0.29) is 0 Å². The van der Waals surface area contributed by atoms with Crippen LogP contribution in [0.3, 0.4) is 0 Å². The van der Waals surface area contributed by atoms with Gasteiger partial charge in [0.1, 0.15) is 0 Å². The quantitative estimate of drug-likeness (QED) is 0.617. The van der Waals surface area contributed by atoms with Gasteiger partial charge < -0.3 is 10.1 Å². The van der Waals surface area contributed by atoms with Crippen LogP contribution in [0.25, 0.3) is 0 Å². The highest BCUT2D eigenvalue weighted by atomic mass is 16.5. The molecule has 110 valence electrons. The van der Waals surface area contributed by atoms with E-state index >= 15 is 0 Å². The molecule has 0 heterocycles. The van der Waals surface area contributed by atoms with Gasteiger partial charge in [-0.3, -0.25) is 4.90 Å². The minimum absolute atomic E-state index is 0.579. The van der Waals surface area contributed by atoms with E-state index in [2.05, 4.69) is 44.8 Å². The molecule has 0 amide bonds. The van der Waals surface area contributed by atoms with Crippen LogP contribution >= 0.6 is 0 Å². The third-order valence-electron chi connectivity index (χ3n) is 3.69. The number of nitrogens with one attached hydrogen (secondary N) is 1. The van der Waals surface area contributed by atoms with E-state index in [1.807, 2.05) is 0 Å². The monoisotopic (exact) mass is 258 g/mol. The Morgan fingerprint density at radius 2 is 1.83 bits per heavy atom. The Hall–Kier alpha value is -0.120. The maximum absolute atomic E-state index is 5.23. The zero-order valence-electron chi connectivity index (χ0n) is 13.3. The molecule has 0 aliphatic rings. The Morgan fingerprint density at radius 1 is 1.17 bits per heavy atom. The molecule has 0 aromatic heterocycles. The van der Waals surface area contributed by atoms with Crippen molar-refractivity contribution >= 4 is 0 Å². The zero-order valence-corrected chi connectivity index (χ0v) is 13.3. The third kappa shape index (κ3) is 7.34. The number of hydrogen-bond acceptors (Lipinski definition) is 3. The lowest BCUT2D eigenvalue weighted by Crippen LogP contribution is -2.48. The van der Waals surface area contributed by atoms with Crippen LogP contribution in [0.2, 0.25) is 0 Å². The van der Waals surface area contributed by atoms with Gasteiger partial charge in [0.05, 0.1) is 6.61 Å². The third-order valence-corrected chi connectivity index (χ3v) is 3.69. The maximum Gasteiger partial charge on any atom is 0.0589 e. The summed E-state index contributed by atoms with van der Waals surface area (Å²) in [5, 5.41) is 3.67. The molecule has 0 bridgehead atoms. The summed E-state index contributed by atoms with van der Waals surface area (Å²) in [6, 6.07) is 1.21. The summed E-state index contributed by atoms with van der Waals surface area (Å²) in [6.07, 6.45) is 2.40. The Labute approximate surface area is 114 Å². The first-order valence-electron chi connectivity index (χ1n) is 7.53. The Balaban J connectivity index is 4.37. The highest BCUT2D eigenvalue weighted by Crippen LogP contribution is 2.09. The lowest BCUT2D eigenvalue weighted by atomic mass is 10.0. The number of nitrogens with zero attached hydrogens (tertiary/aromatic N) is 1. The predicted molar refractivity (Wildman–Crippen MR) is 80.1 cm³/mol. The number of rotatable bonds is 11. The number of hydrogen-bond donors (Lipinski definition) is 1. The molecule has 1 N–H and O–H groups in total. The molecule has 0 radical (unpaired) electrons. The van der Waals surface area contributed by atoms with Gasteiger partial charge in [-0.1, -0.05) is 27.7 Å². The Bertz CT molecular complexity index is 185. The second kappa shape index (κ2) is 10.8. The Morgan fingerprint density at radius 3 is 2.28 bits per heavy atom. The predicted octanol–water partition coefficient (Wildman–Crippen LogP) is 2.76. The largest absolute Gasteiger partial charge is 0.383 e. The summed E-state index contributed by atoms with van der Waals surface area (Å²) < 4.78 is 5.23. The molecule has 0 aliphatic carbocycles. The van der Waals surface area contributed by atoms with Crippen molar-refractivity contribution in [3.63, 3.8) is 0 Å². The van der Waals surface area contributed by atoms with Crippen LogP contribution in [0.5, 0.6) is 0 Å². The first-order valence-corrected chi connectivity index (χ1v) is 7.53. The molecule has 3 heteroatoms. The van der Waals surface area contributed by atoms with Crippen molar-refractivity contribution < 1.29 is 4.74 Å². The van der Waals surface area contributed by atoms with Crippen LogP contribution in [0.4, 0.5) is 0 Å². The molecule has 0 aromatic carbocycles. The van der Waals surface area contributed by atoms with Gasteiger partial charge in [-0.25, -0.2) is 0 Å². The fourth-order valence-corrected chi connectivity index (χ4v) is 2.05. The average Bonchev–Trinajstić information content (AvgIpc) is 2.36. The van der Waals surface area contributed by atoms with E-state index in [4.69, 9.17) is 4.74 Å². The summed E-state index contributed by atoms with van der Waals surface area (Å²) in [6.45, 7) is 15.5. The molecule has 0 fully saturated rings. The van der Waals surface area contributed by atoms with Gasteiger partial charge >= 0.3 is 0 Å². The summed E-state index contributed by atoms with van der Waals surface area (Å²) in [5.41, 5.74) is 0. The van der Waals surface area contributed by atoms with Crippen molar-refractivity contribution in [1.29, 1.82) is 0 Å². The highest BCUT2D eigenvalue weighted by Gasteiger charge is 2.19. The van der Waals surface area contributed by atoms with Gasteiger partial charge in [-0.2, -0.15) is 0 Å². The first-order chi connectivity index (χ1) is 8.56. The summed E-state index contributed by atoms with van der Waals surface area (Å²) in [4.78, 5) is 2.55. The van der Waals surface area contributed by atoms with Gasteiger partial charge in [0.15, 0.2) is 0 Å². The van der Waals surface area contributed by atoms with E-state index in [1.54, 1.807) is 7.11 Å². The van der Waals surface area contributed by atoms with Gasteiger partial charge in [0.2, 0.25) is 0 Å².